The Bertz CT molecular complexity index is 1310. The summed E-state index contributed by atoms with van der Waals surface area (Å²) in [7, 11) is 32.0. The summed E-state index contributed by atoms with van der Waals surface area (Å²) in [5.74, 6) is -0.958. The van der Waals surface area contributed by atoms with Crippen molar-refractivity contribution in [3.63, 3.8) is 0 Å². The third kappa shape index (κ3) is 4.94. The lowest BCUT2D eigenvalue weighted by atomic mass is 9.55. The van der Waals surface area contributed by atoms with Gasteiger partial charge in [-0.3, -0.25) is 24.6 Å². The lowest BCUT2D eigenvalue weighted by molar-refractivity contribution is -0.136. The molecule has 2 aromatic rings. The smallest absolute Gasteiger partial charge is 0.255 e. The molecule has 3 heterocycles. The van der Waals surface area contributed by atoms with Crippen LogP contribution < -0.4 is 26.4 Å². The molecule has 5 rings (SSSR count). The maximum atomic E-state index is 13.1. The summed E-state index contributed by atoms with van der Waals surface area (Å²) >= 11 is 0. The fourth-order valence-electron chi connectivity index (χ4n) is 5.16. The first-order chi connectivity index (χ1) is 18.1. The minimum atomic E-state index is -1.94. The van der Waals surface area contributed by atoms with Gasteiger partial charge in [0.25, 0.3) is 5.91 Å². The van der Waals surface area contributed by atoms with E-state index in [1.54, 1.807) is 24.3 Å². The highest BCUT2D eigenvalue weighted by Gasteiger charge is 2.40. The van der Waals surface area contributed by atoms with E-state index in [0.29, 0.717) is 41.9 Å². The number of rotatable bonds is 6. The monoisotopic (exact) mass is 499 g/mol. The molecule has 0 aromatic heterocycles. The van der Waals surface area contributed by atoms with Crippen LogP contribution in [0.3, 0.4) is 0 Å². The van der Waals surface area contributed by atoms with Gasteiger partial charge >= 0.3 is 0 Å². The van der Waals surface area contributed by atoms with Crippen molar-refractivity contribution in [3.8, 4) is 5.75 Å². The molecule has 3 aliphatic heterocycles. The highest BCUT2D eigenvalue weighted by Crippen LogP contribution is 2.35. The molecule has 0 spiro atoms. The maximum absolute atomic E-state index is 13.1. The van der Waals surface area contributed by atoms with Crippen molar-refractivity contribution in [2.24, 2.45) is 0 Å². The van der Waals surface area contributed by atoms with Gasteiger partial charge in [0.05, 0.1) is 19.8 Å². The summed E-state index contributed by atoms with van der Waals surface area (Å²) in [5, 5.41) is 0.345. The van der Waals surface area contributed by atoms with Gasteiger partial charge in [0.15, 0.2) is 0 Å². The summed E-state index contributed by atoms with van der Waals surface area (Å²) in [6, 6.07) is 5.69. The molecule has 2 fully saturated rings. The van der Waals surface area contributed by atoms with Crippen molar-refractivity contribution in [3.05, 3.63) is 46.5 Å². The van der Waals surface area contributed by atoms with Gasteiger partial charge in [-0.1, -0.05) is 28.5 Å². The van der Waals surface area contributed by atoms with Crippen LogP contribution in [0.25, 0.3) is 0 Å². The van der Waals surface area contributed by atoms with Crippen LogP contribution in [-0.4, -0.2) is 99.1 Å². The summed E-state index contributed by atoms with van der Waals surface area (Å²) in [6.07, 6.45) is 0.391. The number of benzene rings is 2. The Morgan fingerprint density at radius 2 is 1.82 bits per heavy atom. The average Bonchev–Trinajstić information content (AvgIpc) is 3.21. The zero-order valence-electron chi connectivity index (χ0n) is 20.9. The topological polar surface area (TPSA) is 88.2 Å². The van der Waals surface area contributed by atoms with Crippen LogP contribution >= 0.6 is 0 Å². The standard InChI is InChI=1S/C25H22B5N3O5/c26-17-10-16(22(28)21(27)15(17)11-32-6-8-37-9-7-32)25(29,30)38-19-3-1-2-13-14(19)12-33(24(13)36)18-4-5-20(34)31-23(18)35/h1-3,10,18H,4-9,11-12H2,(H,31,34,35). The normalized spacial score (nSPS) is 20.4. The number of carbonyl (C=O) groups is 3. The van der Waals surface area contributed by atoms with Gasteiger partial charge in [-0.2, -0.15) is 0 Å². The van der Waals surface area contributed by atoms with Crippen LogP contribution in [0.4, 0.5) is 0 Å². The Hall–Kier alpha value is -2.91. The van der Waals surface area contributed by atoms with E-state index >= 15 is 0 Å². The van der Waals surface area contributed by atoms with Crippen molar-refractivity contribution >= 4 is 73.3 Å². The zero-order valence-corrected chi connectivity index (χ0v) is 20.9. The molecular formula is C25H22B5N3O5. The fraction of sp³-hybridized carbons (Fsp3) is 0.400. The third-order valence-corrected chi connectivity index (χ3v) is 7.28. The number of hydrogen-bond acceptors (Lipinski definition) is 6. The van der Waals surface area contributed by atoms with E-state index in [1.807, 2.05) is 0 Å². The Morgan fingerprint density at radius 1 is 1.08 bits per heavy atom. The molecule has 13 heteroatoms. The lowest BCUT2D eigenvalue weighted by Gasteiger charge is -2.34. The van der Waals surface area contributed by atoms with E-state index in [1.165, 1.54) is 4.90 Å². The minimum Gasteiger partial charge on any atom is -0.502 e. The SMILES string of the molecule is [B]c1cc(C([B])([B])Oc2cccc3c2CN(C2CCC(=O)NC2=O)C3=O)c([B])c([B])c1CN1CCOCC1. The molecule has 1 N–H and O–H groups in total. The largest absolute Gasteiger partial charge is 0.502 e. The van der Waals surface area contributed by atoms with Gasteiger partial charge in [0, 0.05) is 42.6 Å². The van der Waals surface area contributed by atoms with Crippen molar-refractivity contribution in [2.75, 3.05) is 26.3 Å². The minimum absolute atomic E-state index is 0.0882. The molecule has 8 nitrogen and oxygen atoms in total. The van der Waals surface area contributed by atoms with Crippen molar-refractivity contribution in [1.82, 2.24) is 15.1 Å². The number of piperidine rings is 1. The molecule has 0 bridgehead atoms. The Morgan fingerprint density at radius 3 is 2.53 bits per heavy atom. The number of imide groups is 1. The van der Waals surface area contributed by atoms with Crippen LogP contribution in [0.5, 0.6) is 5.75 Å². The summed E-state index contributed by atoms with van der Waals surface area (Å²) in [5.41, 5.74) is 2.55. The van der Waals surface area contributed by atoms with E-state index in [-0.39, 0.29) is 53.4 Å². The van der Waals surface area contributed by atoms with Crippen LogP contribution in [0.15, 0.2) is 24.3 Å². The van der Waals surface area contributed by atoms with Gasteiger partial charge < -0.3 is 14.4 Å². The summed E-state index contributed by atoms with van der Waals surface area (Å²) in [6.45, 7) is 3.33. The van der Waals surface area contributed by atoms with Gasteiger partial charge in [0.1, 0.15) is 51.0 Å². The molecule has 1 atom stereocenters. The number of ether oxygens (including phenoxy) is 2. The molecule has 1 unspecified atom stereocenters. The Kier molecular flexibility index (Phi) is 7.26. The van der Waals surface area contributed by atoms with E-state index in [2.05, 4.69) is 10.2 Å². The highest BCUT2D eigenvalue weighted by atomic mass is 16.5. The quantitative estimate of drug-likeness (QED) is 0.342. The number of nitrogens with one attached hydrogen (secondary N) is 1. The predicted octanol–water partition coefficient (Wildman–Crippen LogP) is -2.81. The molecule has 0 saturated carbocycles. The van der Waals surface area contributed by atoms with Crippen molar-refractivity contribution in [2.45, 2.75) is 37.4 Å². The van der Waals surface area contributed by atoms with Crippen LogP contribution in [0.2, 0.25) is 0 Å². The number of fused-ring (bicyclic) bond motifs is 1. The maximum Gasteiger partial charge on any atom is 0.255 e. The van der Waals surface area contributed by atoms with E-state index in [4.69, 9.17) is 48.7 Å². The molecule has 38 heavy (non-hydrogen) atoms. The number of amides is 3. The van der Waals surface area contributed by atoms with E-state index in [9.17, 15) is 14.4 Å². The lowest BCUT2D eigenvalue weighted by Crippen LogP contribution is -2.52. The number of carbonyl (C=O) groups excluding carboxylic acids is 3. The first-order valence-corrected chi connectivity index (χ1v) is 12.4. The van der Waals surface area contributed by atoms with E-state index in [0.717, 1.165) is 13.1 Å². The number of morpholine rings is 1. The van der Waals surface area contributed by atoms with Crippen LogP contribution in [0.1, 0.15) is 39.9 Å². The molecule has 10 radical (unpaired) electrons. The molecule has 3 amide bonds. The Labute approximate surface area is 228 Å². The first-order valence-electron chi connectivity index (χ1n) is 12.4. The van der Waals surface area contributed by atoms with Crippen molar-refractivity contribution < 1.29 is 23.9 Å². The van der Waals surface area contributed by atoms with E-state index < -0.39 is 17.3 Å². The highest BCUT2D eigenvalue weighted by molar-refractivity contribution is 6.53. The van der Waals surface area contributed by atoms with Gasteiger partial charge in [-0.25, -0.2) is 0 Å². The molecule has 182 valence electrons. The van der Waals surface area contributed by atoms with Crippen molar-refractivity contribution in [1.29, 1.82) is 0 Å². The van der Waals surface area contributed by atoms with Crippen LogP contribution in [-0.2, 0) is 32.8 Å². The summed E-state index contributed by atoms with van der Waals surface area (Å²) < 4.78 is 11.4. The van der Waals surface area contributed by atoms with Gasteiger partial charge in [-0.05, 0) is 29.7 Å². The molecule has 0 aliphatic carbocycles. The summed E-state index contributed by atoms with van der Waals surface area (Å²) in [4.78, 5) is 40.7. The predicted molar refractivity (Wildman–Crippen MR) is 145 cm³/mol. The number of hydrogen-bond donors (Lipinski definition) is 1. The van der Waals surface area contributed by atoms with Crippen LogP contribution in [0, 0.1) is 0 Å². The fourth-order valence-corrected chi connectivity index (χ4v) is 5.16. The Balaban J connectivity index is 1.40. The second kappa shape index (κ2) is 10.3. The molecule has 3 aliphatic rings. The zero-order chi connectivity index (χ0) is 27.2. The average molecular weight is 499 g/mol. The second-order valence-electron chi connectivity index (χ2n) is 9.79. The molecule has 2 aromatic carbocycles. The number of nitrogens with zero attached hydrogens (tertiary/aromatic N) is 2. The third-order valence-electron chi connectivity index (χ3n) is 7.28. The molecule has 2 saturated heterocycles. The van der Waals surface area contributed by atoms with Gasteiger partial charge in [-0.15, -0.1) is 0 Å². The molecular weight excluding hydrogens is 476 g/mol. The first kappa shape index (κ1) is 26.7. The van der Waals surface area contributed by atoms with Gasteiger partial charge in [0.2, 0.25) is 11.8 Å². The second-order valence-corrected chi connectivity index (χ2v) is 9.79.